The summed E-state index contributed by atoms with van der Waals surface area (Å²) in [4.78, 5) is 0. The minimum atomic E-state index is -0.334. The van der Waals surface area contributed by atoms with Crippen molar-refractivity contribution in [2.75, 3.05) is 0 Å². The van der Waals surface area contributed by atoms with Gasteiger partial charge >= 0.3 is 0 Å². The number of unbranched alkanes of at least 4 members (excludes halogenated alkanes) is 2. The zero-order chi connectivity index (χ0) is 18.2. The first-order valence-electron chi connectivity index (χ1n) is 9.62. The Labute approximate surface area is 157 Å². The molecule has 0 heterocycles. The number of rotatable bonds is 10. The van der Waals surface area contributed by atoms with E-state index < -0.39 is 0 Å². The van der Waals surface area contributed by atoms with Gasteiger partial charge in [0.15, 0.2) is 5.56 Å². The van der Waals surface area contributed by atoms with E-state index in [-0.39, 0.29) is 5.56 Å². The van der Waals surface area contributed by atoms with E-state index in [2.05, 4.69) is 45.0 Å². The number of fused-ring (bicyclic) bond motifs is 1. The molecule has 0 aromatic heterocycles. The summed E-state index contributed by atoms with van der Waals surface area (Å²) in [5.41, 5.74) is 0.866. The Hall–Kier alpha value is -1.41. The SMILES string of the molecule is CCCCCC(CC)Oc1ccc2c(CC)c(OC(C)Cl)ccc2c1. The predicted molar refractivity (Wildman–Crippen MR) is 108 cm³/mol. The molecule has 0 spiro atoms. The maximum Gasteiger partial charge on any atom is 0.169 e. The molecule has 3 heteroatoms. The molecule has 2 unspecified atom stereocenters. The van der Waals surface area contributed by atoms with Gasteiger partial charge < -0.3 is 9.47 Å². The molecule has 2 nitrogen and oxygen atoms in total. The zero-order valence-electron chi connectivity index (χ0n) is 16.0. The van der Waals surface area contributed by atoms with Gasteiger partial charge in [-0.25, -0.2) is 0 Å². The van der Waals surface area contributed by atoms with Crippen LogP contribution in [0.2, 0.25) is 0 Å². The van der Waals surface area contributed by atoms with E-state index in [1.165, 1.54) is 35.6 Å². The lowest BCUT2D eigenvalue weighted by molar-refractivity contribution is 0.183. The van der Waals surface area contributed by atoms with Gasteiger partial charge in [-0.1, -0.05) is 57.3 Å². The predicted octanol–water partition coefficient (Wildman–Crippen LogP) is 7.10. The summed E-state index contributed by atoms with van der Waals surface area (Å²) < 4.78 is 12.0. The molecule has 138 valence electrons. The molecule has 25 heavy (non-hydrogen) atoms. The smallest absolute Gasteiger partial charge is 0.169 e. The first-order valence-corrected chi connectivity index (χ1v) is 10.1. The minimum Gasteiger partial charge on any atom is -0.490 e. The van der Waals surface area contributed by atoms with E-state index in [1.54, 1.807) is 0 Å². The second kappa shape index (κ2) is 9.91. The Morgan fingerprint density at radius 3 is 2.44 bits per heavy atom. The molecule has 2 aromatic rings. The van der Waals surface area contributed by atoms with Gasteiger partial charge in [0.05, 0.1) is 6.10 Å². The first kappa shape index (κ1) is 19.9. The van der Waals surface area contributed by atoms with E-state index in [4.69, 9.17) is 21.1 Å². The van der Waals surface area contributed by atoms with Gasteiger partial charge in [-0.3, -0.25) is 0 Å². The van der Waals surface area contributed by atoms with Gasteiger partial charge in [-0.05, 0) is 61.6 Å². The van der Waals surface area contributed by atoms with E-state index in [1.807, 2.05) is 13.0 Å². The highest BCUT2D eigenvalue weighted by Gasteiger charge is 2.12. The normalized spacial score (nSPS) is 13.6. The topological polar surface area (TPSA) is 18.5 Å². The lowest BCUT2D eigenvalue weighted by Gasteiger charge is -2.19. The van der Waals surface area contributed by atoms with Crippen LogP contribution in [0.3, 0.4) is 0 Å². The molecule has 2 atom stereocenters. The highest BCUT2D eigenvalue weighted by molar-refractivity contribution is 6.19. The molecular weight excluding hydrogens is 332 g/mol. The number of hydrogen-bond acceptors (Lipinski definition) is 2. The summed E-state index contributed by atoms with van der Waals surface area (Å²) in [6, 6.07) is 10.5. The third-order valence-corrected chi connectivity index (χ3v) is 4.68. The fourth-order valence-electron chi connectivity index (χ4n) is 3.24. The Bertz CT molecular complexity index is 666. The Morgan fingerprint density at radius 1 is 1.00 bits per heavy atom. The molecular formula is C22H31ClO2. The molecule has 0 saturated heterocycles. The Morgan fingerprint density at radius 2 is 1.80 bits per heavy atom. The molecule has 0 N–H and O–H groups in total. The van der Waals surface area contributed by atoms with E-state index in [0.29, 0.717) is 6.10 Å². The van der Waals surface area contributed by atoms with Crippen LogP contribution >= 0.6 is 11.6 Å². The molecule has 2 aromatic carbocycles. The average molecular weight is 363 g/mol. The molecule has 0 amide bonds. The number of ether oxygens (including phenoxy) is 2. The van der Waals surface area contributed by atoms with Gasteiger partial charge in [-0.2, -0.15) is 0 Å². The monoisotopic (exact) mass is 362 g/mol. The van der Waals surface area contributed by atoms with Gasteiger partial charge in [0.25, 0.3) is 0 Å². The molecule has 0 fully saturated rings. The summed E-state index contributed by atoms with van der Waals surface area (Å²) in [5.74, 6) is 1.83. The third-order valence-electron chi connectivity index (χ3n) is 4.59. The molecule has 0 aliphatic heterocycles. The number of benzene rings is 2. The summed E-state index contributed by atoms with van der Waals surface area (Å²) in [5, 5.41) is 2.40. The summed E-state index contributed by atoms with van der Waals surface area (Å²) in [7, 11) is 0. The highest BCUT2D eigenvalue weighted by Crippen LogP contribution is 2.32. The lowest BCUT2D eigenvalue weighted by Crippen LogP contribution is -2.15. The number of halogens is 1. The fraction of sp³-hybridized carbons (Fsp3) is 0.545. The maximum atomic E-state index is 6.23. The highest BCUT2D eigenvalue weighted by atomic mass is 35.5. The summed E-state index contributed by atoms with van der Waals surface area (Å²) in [6.07, 6.45) is 7.14. The number of aryl methyl sites for hydroxylation is 1. The van der Waals surface area contributed by atoms with Crippen molar-refractivity contribution in [2.24, 2.45) is 0 Å². The third kappa shape index (κ3) is 5.54. The van der Waals surface area contributed by atoms with Gasteiger partial charge in [0.2, 0.25) is 0 Å². The zero-order valence-corrected chi connectivity index (χ0v) is 16.7. The van der Waals surface area contributed by atoms with Gasteiger partial charge in [0, 0.05) is 5.56 Å². The van der Waals surface area contributed by atoms with E-state index in [0.717, 1.165) is 30.8 Å². The van der Waals surface area contributed by atoms with Crippen LogP contribution in [0.25, 0.3) is 10.8 Å². The van der Waals surface area contributed by atoms with Crippen molar-refractivity contribution in [1.29, 1.82) is 0 Å². The van der Waals surface area contributed by atoms with Crippen LogP contribution in [0.5, 0.6) is 11.5 Å². The molecule has 0 saturated carbocycles. The van der Waals surface area contributed by atoms with Crippen molar-refractivity contribution in [2.45, 2.75) is 77.9 Å². The van der Waals surface area contributed by atoms with Crippen LogP contribution in [0, 0.1) is 0 Å². The van der Waals surface area contributed by atoms with Crippen molar-refractivity contribution in [1.82, 2.24) is 0 Å². The largest absolute Gasteiger partial charge is 0.490 e. The van der Waals surface area contributed by atoms with Crippen molar-refractivity contribution in [3.8, 4) is 11.5 Å². The van der Waals surface area contributed by atoms with E-state index >= 15 is 0 Å². The summed E-state index contributed by atoms with van der Waals surface area (Å²) >= 11 is 6.00. The quantitative estimate of drug-likeness (QED) is 0.331. The molecule has 0 aliphatic carbocycles. The van der Waals surface area contributed by atoms with Crippen molar-refractivity contribution < 1.29 is 9.47 Å². The lowest BCUT2D eigenvalue weighted by atomic mass is 10.0. The second-order valence-electron chi connectivity index (χ2n) is 6.58. The van der Waals surface area contributed by atoms with Crippen LogP contribution in [0.1, 0.15) is 65.4 Å². The maximum absolute atomic E-state index is 6.23. The van der Waals surface area contributed by atoms with Crippen LogP contribution in [-0.2, 0) is 6.42 Å². The van der Waals surface area contributed by atoms with E-state index in [9.17, 15) is 0 Å². The average Bonchev–Trinajstić information content (AvgIpc) is 2.60. The standard InChI is InChI=1S/C22H31ClO2/c1-5-8-9-10-18(6-2)25-19-12-13-21-17(15-19)11-14-22(20(21)7-3)24-16(4)23/h11-16,18H,5-10H2,1-4H3. The Kier molecular flexibility index (Phi) is 7.90. The Balaban J connectivity index is 2.21. The van der Waals surface area contributed by atoms with Crippen molar-refractivity contribution in [3.05, 3.63) is 35.9 Å². The minimum absolute atomic E-state index is 0.300. The van der Waals surface area contributed by atoms with Crippen molar-refractivity contribution >= 4 is 22.4 Å². The summed E-state index contributed by atoms with van der Waals surface area (Å²) in [6.45, 7) is 8.42. The van der Waals surface area contributed by atoms with Crippen LogP contribution in [-0.4, -0.2) is 11.7 Å². The number of hydrogen-bond donors (Lipinski definition) is 0. The molecule has 0 bridgehead atoms. The second-order valence-corrected chi connectivity index (χ2v) is 7.20. The molecule has 0 radical (unpaired) electrons. The van der Waals surface area contributed by atoms with Crippen LogP contribution in [0.4, 0.5) is 0 Å². The van der Waals surface area contributed by atoms with Crippen LogP contribution < -0.4 is 9.47 Å². The number of alkyl halides is 1. The van der Waals surface area contributed by atoms with Crippen LogP contribution in [0.15, 0.2) is 30.3 Å². The fourth-order valence-corrected chi connectivity index (χ4v) is 3.33. The van der Waals surface area contributed by atoms with Crippen molar-refractivity contribution in [3.63, 3.8) is 0 Å². The van der Waals surface area contributed by atoms with Gasteiger partial charge in [0.1, 0.15) is 11.5 Å². The first-order chi connectivity index (χ1) is 12.1. The van der Waals surface area contributed by atoms with Gasteiger partial charge in [-0.15, -0.1) is 0 Å². The molecule has 2 rings (SSSR count). The molecule has 0 aliphatic rings.